The zero-order chi connectivity index (χ0) is 14.7. The third-order valence-corrected chi connectivity index (χ3v) is 4.89. The van der Waals surface area contributed by atoms with E-state index in [1.165, 1.54) is 25.7 Å². The molecule has 1 aromatic rings. The minimum atomic E-state index is -0.332. The van der Waals surface area contributed by atoms with Crippen molar-refractivity contribution in [1.82, 2.24) is 5.32 Å². The van der Waals surface area contributed by atoms with E-state index in [0.29, 0.717) is 12.0 Å². The minimum absolute atomic E-state index is 0.158. The van der Waals surface area contributed by atoms with Crippen molar-refractivity contribution < 1.29 is 4.39 Å². The van der Waals surface area contributed by atoms with Crippen LogP contribution < -0.4 is 5.32 Å². The molecule has 0 spiro atoms. The van der Waals surface area contributed by atoms with Gasteiger partial charge in [-0.1, -0.05) is 44.4 Å². The Morgan fingerprint density at radius 3 is 2.55 bits per heavy atom. The molecule has 1 aromatic carbocycles. The van der Waals surface area contributed by atoms with Gasteiger partial charge in [0.05, 0.1) is 5.02 Å². The van der Waals surface area contributed by atoms with Gasteiger partial charge in [-0.15, -0.1) is 0 Å². The smallest absolute Gasteiger partial charge is 0.142 e. The van der Waals surface area contributed by atoms with Crippen LogP contribution in [0.5, 0.6) is 0 Å². The summed E-state index contributed by atoms with van der Waals surface area (Å²) in [5.74, 6) is 1.09. The van der Waals surface area contributed by atoms with Crippen molar-refractivity contribution in [2.45, 2.75) is 58.5 Å². The van der Waals surface area contributed by atoms with Crippen LogP contribution in [0.25, 0.3) is 0 Å². The molecule has 1 saturated carbocycles. The fraction of sp³-hybridized carbons (Fsp3) is 0.647. The van der Waals surface area contributed by atoms with Crippen molar-refractivity contribution in [2.75, 3.05) is 0 Å². The number of rotatable bonds is 4. The van der Waals surface area contributed by atoms with E-state index >= 15 is 0 Å². The molecular formula is C17H25ClFN. The maximum absolute atomic E-state index is 13.6. The highest BCUT2D eigenvalue weighted by Gasteiger charge is 2.28. The average Bonchev–Trinajstić information content (AvgIpc) is 2.42. The van der Waals surface area contributed by atoms with Crippen LogP contribution in [0, 0.1) is 17.7 Å². The van der Waals surface area contributed by atoms with Gasteiger partial charge in [0.2, 0.25) is 0 Å². The Kier molecular flexibility index (Phi) is 5.45. The molecule has 1 aliphatic rings. The van der Waals surface area contributed by atoms with Crippen LogP contribution in [-0.4, -0.2) is 6.04 Å². The molecule has 2 rings (SSSR count). The maximum atomic E-state index is 13.6. The van der Waals surface area contributed by atoms with Crippen LogP contribution in [0.15, 0.2) is 18.2 Å². The molecule has 0 saturated heterocycles. The highest BCUT2D eigenvalue weighted by Crippen LogP contribution is 2.32. The molecule has 0 bridgehead atoms. The van der Waals surface area contributed by atoms with Crippen molar-refractivity contribution in [3.8, 4) is 0 Å². The van der Waals surface area contributed by atoms with E-state index in [9.17, 15) is 4.39 Å². The topological polar surface area (TPSA) is 12.0 Å². The van der Waals surface area contributed by atoms with Crippen LogP contribution in [0.1, 0.15) is 58.1 Å². The predicted octanol–water partition coefficient (Wildman–Crippen LogP) is 5.34. The summed E-state index contributed by atoms with van der Waals surface area (Å²) in [5, 5.41) is 3.90. The van der Waals surface area contributed by atoms with Gasteiger partial charge in [0.25, 0.3) is 0 Å². The first kappa shape index (κ1) is 15.8. The standard InChI is InChI=1S/C17H25ClFN/c1-11(2)14-6-4-5-7-17(14)20-12(3)13-8-9-15(18)16(19)10-13/h8-12,14,17,20H,4-7H2,1-3H3. The Morgan fingerprint density at radius 1 is 1.20 bits per heavy atom. The van der Waals surface area contributed by atoms with Gasteiger partial charge in [-0.25, -0.2) is 4.39 Å². The molecule has 20 heavy (non-hydrogen) atoms. The number of halogens is 2. The van der Waals surface area contributed by atoms with Crippen LogP contribution in [-0.2, 0) is 0 Å². The van der Waals surface area contributed by atoms with Gasteiger partial charge in [0.1, 0.15) is 5.82 Å². The van der Waals surface area contributed by atoms with E-state index in [1.807, 2.05) is 6.07 Å². The lowest BCUT2D eigenvalue weighted by Crippen LogP contribution is -2.42. The minimum Gasteiger partial charge on any atom is -0.307 e. The van der Waals surface area contributed by atoms with E-state index in [4.69, 9.17) is 11.6 Å². The first-order chi connectivity index (χ1) is 9.49. The highest BCUT2D eigenvalue weighted by molar-refractivity contribution is 6.30. The third-order valence-electron chi connectivity index (χ3n) is 4.58. The SMILES string of the molecule is CC(NC1CCCCC1C(C)C)c1ccc(Cl)c(F)c1. The van der Waals surface area contributed by atoms with E-state index in [-0.39, 0.29) is 16.9 Å². The summed E-state index contributed by atoms with van der Waals surface area (Å²) in [6.45, 7) is 6.71. The monoisotopic (exact) mass is 297 g/mol. The molecule has 1 aliphatic carbocycles. The van der Waals surface area contributed by atoms with E-state index < -0.39 is 0 Å². The van der Waals surface area contributed by atoms with E-state index in [0.717, 1.165) is 11.5 Å². The maximum Gasteiger partial charge on any atom is 0.142 e. The summed E-state index contributed by atoms with van der Waals surface area (Å²) in [4.78, 5) is 0. The molecule has 1 N–H and O–H groups in total. The number of hydrogen-bond acceptors (Lipinski definition) is 1. The largest absolute Gasteiger partial charge is 0.307 e. The zero-order valence-corrected chi connectivity index (χ0v) is 13.4. The molecule has 3 heteroatoms. The fourth-order valence-corrected chi connectivity index (χ4v) is 3.48. The van der Waals surface area contributed by atoms with Crippen LogP contribution in [0.2, 0.25) is 5.02 Å². The zero-order valence-electron chi connectivity index (χ0n) is 12.6. The summed E-state index contributed by atoms with van der Waals surface area (Å²) in [6, 6.07) is 5.80. The van der Waals surface area contributed by atoms with Gasteiger partial charge in [-0.3, -0.25) is 0 Å². The van der Waals surface area contributed by atoms with Crippen molar-refractivity contribution in [3.05, 3.63) is 34.6 Å². The van der Waals surface area contributed by atoms with Crippen LogP contribution >= 0.6 is 11.6 Å². The van der Waals surface area contributed by atoms with Crippen LogP contribution in [0.3, 0.4) is 0 Å². The quantitative estimate of drug-likeness (QED) is 0.790. The summed E-state index contributed by atoms with van der Waals surface area (Å²) < 4.78 is 13.6. The third kappa shape index (κ3) is 3.73. The molecule has 0 aromatic heterocycles. The molecule has 0 radical (unpaired) electrons. The normalized spacial score (nSPS) is 24.9. The summed E-state index contributed by atoms with van der Waals surface area (Å²) in [5.41, 5.74) is 0.972. The molecule has 112 valence electrons. The van der Waals surface area contributed by atoms with Gasteiger partial charge in [-0.05, 0) is 49.3 Å². The van der Waals surface area contributed by atoms with Crippen molar-refractivity contribution in [2.24, 2.45) is 11.8 Å². The second-order valence-electron chi connectivity index (χ2n) is 6.36. The number of benzene rings is 1. The van der Waals surface area contributed by atoms with E-state index in [1.54, 1.807) is 12.1 Å². The summed E-state index contributed by atoms with van der Waals surface area (Å²) in [7, 11) is 0. The fourth-order valence-electron chi connectivity index (χ4n) is 3.36. The Bertz CT molecular complexity index is 447. The van der Waals surface area contributed by atoms with Gasteiger partial charge in [0.15, 0.2) is 0 Å². The molecule has 0 aliphatic heterocycles. The lowest BCUT2D eigenvalue weighted by molar-refractivity contribution is 0.195. The van der Waals surface area contributed by atoms with Crippen molar-refractivity contribution in [1.29, 1.82) is 0 Å². The molecule has 1 nitrogen and oxygen atoms in total. The lowest BCUT2D eigenvalue weighted by Gasteiger charge is -2.37. The van der Waals surface area contributed by atoms with Crippen LogP contribution in [0.4, 0.5) is 4.39 Å². The predicted molar refractivity (Wildman–Crippen MR) is 83.5 cm³/mol. The first-order valence-electron chi connectivity index (χ1n) is 7.70. The molecular weight excluding hydrogens is 273 g/mol. The van der Waals surface area contributed by atoms with Gasteiger partial charge in [-0.2, -0.15) is 0 Å². The summed E-state index contributed by atoms with van der Waals surface area (Å²) in [6.07, 6.45) is 5.16. The van der Waals surface area contributed by atoms with E-state index in [2.05, 4.69) is 26.1 Å². The Hall–Kier alpha value is -0.600. The van der Waals surface area contributed by atoms with Crippen molar-refractivity contribution in [3.63, 3.8) is 0 Å². The van der Waals surface area contributed by atoms with Gasteiger partial charge >= 0.3 is 0 Å². The molecule has 0 amide bonds. The number of nitrogens with one attached hydrogen (secondary N) is 1. The second kappa shape index (κ2) is 6.91. The second-order valence-corrected chi connectivity index (χ2v) is 6.77. The lowest BCUT2D eigenvalue weighted by atomic mass is 9.77. The highest BCUT2D eigenvalue weighted by atomic mass is 35.5. The van der Waals surface area contributed by atoms with Crippen molar-refractivity contribution >= 4 is 11.6 Å². The molecule has 3 atom stereocenters. The van der Waals surface area contributed by atoms with Gasteiger partial charge in [0, 0.05) is 12.1 Å². The number of hydrogen-bond donors (Lipinski definition) is 1. The Balaban J connectivity index is 2.05. The molecule has 1 fully saturated rings. The molecule has 3 unspecified atom stereocenters. The molecule has 0 heterocycles. The first-order valence-corrected chi connectivity index (χ1v) is 8.08. The Labute approximate surface area is 126 Å². The average molecular weight is 298 g/mol. The summed E-state index contributed by atoms with van der Waals surface area (Å²) >= 11 is 5.75. The van der Waals surface area contributed by atoms with Gasteiger partial charge < -0.3 is 5.32 Å². The Morgan fingerprint density at radius 2 is 1.90 bits per heavy atom.